The zero-order valence-corrected chi connectivity index (χ0v) is 17.8. The molecule has 0 bridgehead atoms. The summed E-state index contributed by atoms with van der Waals surface area (Å²) < 4.78 is 0. The molecule has 0 saturated heterocycles. The van der Waals surface area contributed by atoms with E-state index in [-0.39, 0.29) is 11.9 Å². The highest BCUT2D eigenvalue weighted by molar-refractivity contribution is 7.99. The van der Waals surface area contributed by atoms with Crippen LogP contribution in [0, 0.1) is 6.92 Å². The zero-order valence-electron chi connectivity index (χ0n) is 16.9. The zero-order chi connectivity index (χ0) is 20.5. The molecule has 0 fully saturated rings. The molecule has 2 N–H and O–H groups in total. The number of H-pyrrole nitrogens is 1. The molecule has 0 radical (unpaired) electrons. The van der Waals surface area contributed by atoms with Crippen LogP contribution in [0.15, 0.2) is 82.6 Å². The Morgan fingerprint density at radius 1 is 1.00 bits per heavy atom. The summed E-state index contributed by atoms with van der Waals surface area (Å²) in [6.07, 6.45) is 3.16. The van der Waals surface area contributed by atoms with Crippen LogP contribution in [0.5, 0.6) is 0 Å². The molecular formula is C26H24N2OS. The molecule has 4 heteroatoms. The van der Waals surface area contributed by atoms with Crippen molar-refractivity contribution in [2.75, 3.05) is 0 Å². The van der Waals surface area contributed by atoms with E-state index in [1.54, 1.807) is 11.8 Å². The first-order valence-corrected chi connectivity index (χ1v) is 11.2. The van der Waals surface area contributed by atoms with Gasteiger partial charge >= 0.3 is 0 Å². The average Bonchev–Trinajstić information content (AvgIpc) is 3.14. The van der Waals surface area contributed by atoms with Gasteiger partial charge in [0.05, 0.1) is 10.9 Å². The van der Waals surface area contributed by atoms with E-state index in [0.717, 1.165) is 40.0 Å². The molecule has 5 rings (SSSR count). The van der Waals surface area contributed by atoms with Crippen molar-refractivity contribution >= 4 is 28.6 Å². The third-order valence-electron chi connectivity index (χ3n) is 5.80. The standard InChI is InChI=1S/C26H24N2OS/c1-17-13-15-19(16-14-17)30-25-21-10-4-5-11-23(21)27-24(25)26(29)28-22-12-6-8-18-7-2-3-9-20(18)22/h2-5,7,9-11,13-16,22,27H,6,8,12H2,1H3,(H,28,29)/t22-/m0/s1. The van der Waals surface area contributed by atoms with Gasteiger partial charge < -0.3 is 10.3 Å². The third kappa shape index (κ3) is 3.63. The summed E-state index contributed by atoms with van der Waals surface area (Å²) >= 11 is 1.64. The van der Waals surface area contributed by atoms with Crippen molar-refractivity contribution in [3.05, 3.63) is 95.2 Å². The van der Waals surface area contributed by atoms with Crippen LogP contribution in [0.25, 0.3) is 10.9 Å². The van der Waals surface area contributed by atoms with Gasteiger partial charge in [-0.25, -0.2) is 0 Å². The molecule has 3 aromatic carbocycles. The van der Waals surface area contributed by atoms with E-state index in [0.29, 0.717) is 5.69 Å². The van der Waals surface area contributed by atoms with Gasteiger partial charge in [-0.3, -0.25) is 4.79 Å². The van der Waals surface area contributed by atoms with Crippen LogP contribution in [0.3, 0.4) is 0 Å². The highest BCUT2D eigenvalue weighted by Gasteiger charge is 2.25. The van der Waals surface area contributed by atoms with Gasteiger partial charge in [0.15, 0.2) is 0 Å². The molecule has 1 heterocycles. The Hall–Kier alpha value is -2.98. The van der Waals surface area contributed by atoms with Gasteiger partial charge in [-0.05, 0) is 55.5 Å². The number of para-hydroxylation sites is 1. The lowest BCUT2D eigenvalue weighted by atomic mass is 9.87. The monoisotopic (exact) mass is 412 g/mol. The number of aromatic amines is 1. The van der Waals surface area contributed by atoms with Gasteiger partial charge in [-0.1, -0.05) is 71.9 Å². The van der Waals surface area contributed by atoms with Crippen molar-refractivity contribution in [3.63, 3.8) is 0 Å². The van der Waals surface area contributed by atoms with E-state index in [9.17, 15) is 4.79 Å². The fraction of sp³-hybridized carbons (Fsp3) is 0.192. The lowest BCUT2D eigenvalue weighted by molar-refractivity contribution is 0.0925. The average molecular weight is 413 g/mol. The van der Waals surface area contributed by atoms with Crippen molar-refractivity contribution in [2.24, 2.45) is 0 Å². The second kappa shape index (κ2) is 8.04. The maximum Gasteiger partial charge on any atom is 0.269 e. The van der Waals surface area contributed by atoms with Crippen LogP contribution in [-0.2, 0) is 6.42 Å². The van der Waals surface area contributed by atoms with Gasteiger partial charge in [0, 0.05) is 15.8 Å². The van der Waals surface area contributed by atoms with Crippen LogP contribution in [0.4, 0.5) is 0 Å². The van der Waals surface area contributed by atoms with Crippen molar-refractivity contribution in [3.8, 4) is 0 Å². The number of hydrogen-bond acceptors (Lipinski definition) is 2. The Balaban J connectivity index is 1.49. The van der Waals surface area contributed by atoms with Gasteiger partial charge in [-0.15, -0.1) is 0 Å². The van der Waals surface area contributed by atoms with E-state index in [1.165, 1.54) is 16.7 Å². The van der Waals surface area contributed by atoms with E-state index in [1.807, 2.05) is 18.2 Å². The summed E-state index contributed by atoms with van der Waals surface area (Å²) in [4.78, 5) is 18.9. The maximum absolute atomic E-state index is 13.4. The Labute approximate surface area is 180 Å². The summed E-state index contributed by atoms with van der Waals surface area (Å²) in [5, 5.41) is 4.38. The fourth-order valence-corrected chi connectivity index (χ4v) is 5.28. The molecular weight excluding hydrogens is 388 g/mol. The molecule has 1 aliphatic carbocycles. The Morgan fingerprint density at radius 2 is 1.77 bits per heavy atom. The SMILES string of the molecule is Cc1ccc(Sc2c(C(=O)N[C@H]3CCCc4ccccc43)[nH]c3ccccc23)cc1. The van der Waals surface area contributed by atoms with Crippen molar-refractivity contribution in [1.82, 2.24) is 10.3 Å². The third-order valence-corrected chi connectivity index (χ3v) is 6.94. The molecule has 30 heavy (non-hydrogen) atoms. The molecule has 150 valence electrons. The highest BCUT2D eigenvalue weighted by Crippen LogP contribution is 2.37. The smallest absolute Gasteiger partial charge is 0.269 e. The number of aromatic nitrogens is 1. The second-order valence-corrected chi connectivity index (χ2v) is 8.99. The summed E-state index contributed by atoms with van der Waals surface area (Å²) in [6, 6.07) is 25.1. The summed E-state index contributed by atoms with van der Waals surface area (Å²) in [7, 11) is 0. The van der Waals surface area contributed by atoms with Crippen molar-refractivity contribution in [1.29, 1.82) is 0 Å². The molecule has 4 aromatic rings. The molecule has 3 nitrogen and oxygen atoms in total. The maximum atomic E-state index is 13.4. The van der Waals surface area contributed by atoms with E-state index in [2.05, 4.69) is 71.8 Å². The molecule has 0 spiro atoms. The molecule has 1 aromatic heterocycles. The molecule has 1 atom stereocenters. The molecule has 0 saturated carbocycles. The number of rotatable bonds is 4. The van der Waals surface area contributed by atoms with Gasteiger partial charge in [0.25, 0.3) is 5.91 Å². The summed E-state index contributed by atoms with van der Waals surface area (Å²) in [6.45, 7) is 2.08. The number of hydrogen-bond donors (Lipinski definition) is 2. The largest absolute Gasteiger partial charge is 0.350 e. The molecule has 1 aliphatic rings. The lowest BCUT2D eigenvalue weighted by Gasteiger charge is -2.26. The predicted molar refractivity (Wildman–Crippen MR) is 123 cm³/mol. The number of carbonyl (C=O) groups excluding carboxylic acids is 1. The fourth-order valence-electron chi connectivity index (χ4n) is 4.24. The number of amides is 1. The number of carbonyl (C=O) groups is 1. The van der Waals surface area contributed by atoms with Crippen LogP contribution >= 0.6 is 11.8 Å². The molecule has 0 unspecified atom stereocenters. The first kappa shape index (κ1) is 19.0. The Kier molecular flexibility index (Phi) is 5.09. The van der Waals surface area contributed by atoms with Crippen molar-refractivity contribution in [2.45, 2.75) is 42.0 Å². The minimum atomic E-state index is -0.0393. The first-order valence-electron chi connectivity index (χ1n) is 10.4. The number of benzene rings is 3. The quantitative estimate of drug-likeness (QED) is 0.405. The number of aryl methyl sites for hydroxylation is 2. The highest BCUT2D eigenvalue weighted by atomic mass is 32.2. The summed E-state index contributed by atoms with van der Waals surface area (Å²) in [5.74, 6) is -0.0393. The first-order chi connectivity index (χ1) is 14.7. The van der Waals surface area contributed by atoms with E-state index in [4.69, 9.17) is 0 Å². The summed E-state index contributed by atoms with van der Waals surface area (Å²) in [5.41, 5.74) is 5.46. The van der Waals surface area contributed by atoms with Gasteiger partial charge in [0.1, 0.15) is 5.69 Å². The van der Waals surface area contributed by atoms with E-state index < -0.39 is 0 Å². The normalized spacial score (nSPS) is 15.7. The van der Waals surface area contributed by atoms with Crippen LogP contribution < -0.4 is 5.32 Å². The predicted octanol–water partition coefficient (Wildman–Crippen LogP) is 6.43. The van der Waals surface area contributed by atoms with Crippen LogP contribution in [0.1, 0.15) is 46.1 Å². The minimum Gasteiger partial charge on any atom is -0.350 e. The van der Waals surface area contributed by atoms with Crippen LogP contribution in [-0.4, -0.2) is 10.9 Å². The minimum absolute atomic E-state index is 0.0393. The van der Waals surface area contributed by atoms with Crippen molar-refractivity contribution < 1.29 is 4.79 Å². The number of nitrogens with one attached hydrogen (secondary N) is 2. The Morgan fingerprint density at radius 3 is 2.63 bits per heavy atom. The number of fused-ring (bicyclic) bond motifs is 2. The molecule has 0 aliphatic heterocycles. The lowest BCUT2D eigenvalue weighted by Crippen LogP contribution is -2.31. The van der Waals surface area contributed by atoms with Gasteiger partial charge in [0.2, 0.25) is 0 Å². The van der Waals surface area contributed by atoms with Gasteiger partial charge in [-0.2, -0.15) is 0 Å². The van der Waals surface area contributed by atoms with E-state index >= 15 is 0 Å². The second-order valence-electron chi connectivity index (χ2n) is 7.91. The van der Waals surface area contributed by atoms with Crippen LogP contribution in [0.2, 0.25) is 0 Å². The topological polar surface area (TPSA) is 44.9 Å². The Bertz CT molecular complexity index is 1210. The molecule has 1 amide bonds.